The summed E-state index contributed by atoms with van der Waals surface area (Å²) in [5, 5.41) is 11.9. The van der Waals surface area contributed by atoms with Crippen molar-refractivity contribution in [3.63, 3.8) is 0 Å². The van der Waals surface area contributed by atoms with Crippen LogP contribution in [0.15, 0.2) is 24.3 Å². The third-order valence-electron chi connectivity index (χ3n) is 4.84. The molecule has 1 saturated heterocycles. The van der Waals surface area contributed by atoms with Crippen molar-refractivity contribution in [1.29, 1.82) is 0 Å². The van der Waals surface area contributed by atoms with Gasteiger partial charge in [0.2, 0.25) is 5.91 Å². The highest BCUT2D eigenvalue weighted by Gasteiger charge is 2.49. The second-order valence-electron chi connectivity index (χ2n) is 6.78. The largest absolute Gasteiger partial charge is 0.384 e. The van der Waals surface area contributed by atoms with E-state index in [1.807, 2.05) is 32.9 Å². The maximum atomic E-state index is 12.3. The molecule has 2 atom stereocenters. The Hall–Kier alpha value is -1.10. The highest BCUT2D eigenvalue weighted by Crippen LogP contribution is 2.46. The summed E-state index contributed by atoms with van der Waals surface area (Å²) in [7, 11) is 0. The van der Waals surface area contributed by atoms with Crippen LogP contribution in [0, 0.1) is 5.41 Å². The number of carbonyl (C=O) groups excluding carboxylic acids is 1. The highest BCUT2D eigenvalue weighted by atomic mass is 35.5. The smallest absolute Gasteiger partial charge is 0.239 e. The van der Waals surface area contributed by atoms with Crippen LogP contribution in [-0.2, 0) is 10.4 Å². The first-order chi connectivity index (χ1) is 10.2. The molecule has 5 heteroatoms. The van der Waals surface area contributed by atoms with E-state index in [4.69, 9.17) is 17.3 Å². The highest BCUT2D eigenvalue weighted by molar-refractivity contribution is 6.30. The number of benzene rings is 1. The number of nitrogens with two attached hydrogens (primary N) is 1. The third-order valence-corrected chi connectivity index (χ3v) is 5.09. The Morgan fingerprint density at radius 3 is 2.50 bits per heavy atom. The van der Waals surface area contributed by atoms with E-state index in [2.05, 4.69) is 0 Å². The SMILES string of the molecule is CC[C@@H](N)C(=O)N1CC[C@](O)(c2ccc(Cl)cc2)C(C)(C)C1. The molecule has 4 nitrogen and oxygen atoms in total. The van der Waals surface area contributed by atoms with Gasteiger partial charge >= 0.3 is 0 Å². The molecule has 1 aliphatic rings. The monoisotopic (exact) mass is 324 g/mol. The zero-order valence-corrected chi connectivity index (χ0v) is 14.2. The van der Waals surface area contributed by atoms with Crippen molar-refractivity contribution < 1.29 is 9.90 Å². The van der Waals surface area contributed by atoms with Crippen LogP contribution >= 0.6 is 11.6 Å². The predicted octanol–water partition coefficient (Wildman–Crippen LogP) is 2.52. The molecule has 1 aromatic carbocycles. The van der Waals surface area contributed by atoms with Crippen molar-refractivity contribution >= 4 is 17.5 Å². The molecule has 1 aliphatic heterocycles. The quantitative estimate of drug-likeness (QED) is 0.897. The molecule has 0 spiro atoms. The van der Waals surface area contributed by atoms with Gasteiger partial charge in [-0.3, -0.25) is 4.79 Å². The summed E-state index contributed by atoms with van der Waals surface area (Å²) in [4.78, 5) is 14.1. The molecule has 122 valence electrons. The molecule has 1 heterocycles. The van der Waals surface area contributed by atoms with Crippen molar-refractivity contribution in [3.8, 4) is 0 Å². The molecule has 0 radical (unpaired) electrons. The summed E-state index contributed by atoms with van der Waals surface area (Å²) in [6.07, 6.45) is 1.11. The van der Waals surface area contributed by atoms with Gasteiger partial charge in [0.05, 0.1) is 11.6 Å². The van der Waals surface area contributed by atoms with Crippen LogP contribution in [0.1, 0.15) is 39.2 Å². The van der Waals surface area contributed by atoms with Gasteiger partial charge in [0.25, 0.3) is 0 Å². The van der Waals surface area contributed by atoms with Crippen LogP contribution in [-0.4, -0.2) is 35.0 Å². The van der Waals surface area contributed by atoms with Gasteiger partial charge in [0, 0.05) is 23.5 Å². The molecular formula is C17H25ClN2O2. The van der Waals surface area contributed by atoms with Crippen LogP contribution < -0.4 is 5.73 Å². The minimum Gasteiger partial charge on any atom is -0.384 e. The number of rotatable bonds is 3. The Bertz CT molecular complexity index is 544. The lowest BCUT2D eigenvalue weighted by molar-refractivity contribution is -0.154. The number of nitrogens with zero attached hydrogens (tertiary/aromatic N) is 1. The van der Waals surface area contributed by atoms with Gasteiger partial charge in [0.1, 0.15) is 0 Å². The Morgan fingerprint density at radius 1 is 1.41 bits per heavy atom. The van der Waals surface area contributed by atoms with Crippen LogP contribution in [0.3, 0.4) is 0 Å². The first-order valence-corrected chi connectivity index (χ1v) is 8.12. The predicted molar refractivity (Wildman–Crippen MR) is 88.6 cm³/mol. The van der Waals surface area contributed by atoms with Gasteiger partial charge in [-0.2, -0.15) is 0 Å². The lowest BCUT2D eigenvalue weighted by Gasteiger charge is -2.51. The molecule has 0 saturated carbocycles. The van der Waals surface area contributed by atoms with Gasteiger partial charge in [0.15, 0.2) is 0 Å². The summed E-state index contributed by atoms with van der Waals surface area (Å²) in [6, 6.07) is 6.83. The van der Waals surface area contributed by atoms with E-state index in [0.29, 0.717) is 31.0 Å². The molecule has 22 heavy (non-hydrogen) atoms. The molecule has 1 fully saturated rings. The number of aliphatic hydroxyl groups is 1. The molecular weight excluding hydrogens is 300 g/mol. The summed E-state index contributed by atoms with van der Waals surface area (Å²) in [5.41, 5.74) is 5.25. The lowest BCUT2D eigenvalue weighted by atomic mass is 9.66. The van der Waals surface area contributed by atoms with Gasteiger partial charge in [-0.15, -0.1) is 0 Å². The summed E-state index contributed by atoms with van der Waals surface area (Å²) < 4.78 is 0. The minimum absolute atomic E-state index is 0.0336. The summed E-state index contributed by atoms with van der Waals surface area (Å²) in [6.45, 7) is 6.87. The standard InChI is InChI=1S/C17H25ClN2O2/c1-4-14(19)15(21)20-10-9-17(22,16(2,3)11-20)12-5-7-13(18)8-6-12/h5-8,14,22H,4,9-11,19H2,1-3H3/t14-,17+/m1/s1. The summed E-state index contributed by atoms with van der Waals surface area (Å²) >= 11 is 5.93. The number of carbonyl (C=O) groups is 1. The van der Waals surface area contributed by atoms with Gasteiger partial charge in [-0.05, 0) is 30.5 Å². The van der Waals surface area contributed by atoms with E-state index >= 15 is 0 Å². The van der Waals surface area contributed by atoms with Crippen LogP contribution in [0.4, 0.5) is 0 Å². The number of hydrogen-bond acceptors (Lipinski definition) is 3. The van der Waals surface area contributed by atoms with Crippen molar-refractivity contribution in [2.75, 3.05) is 13.1 Å². The summed E-state index contributed by atoms with van der Waals surface area (Å²) in [5.74, 6) is -0.0336. The maximum Gasteiger partial charge on any atom is 0.239 e. The fourth-order valence-electron chi connectivity index (χ4n) is 3.18. The Balaban J connectivity index is 2.24. The first kappa shape index (κ1) is 17.3. The molecule has 0 aromatic heterocycles. The normalized spacial score (nSPS) is 25.8. The fraction of sp³-hybridized carbons (Fsp3) is 0.588. The number of piperidine rings is 1. The van der Waals surface area contributed by atoms with Crippen LogP contribution in [0.25, 0.3) is 0 Å². The van der Waals surface area contributed by atoms with E-state index in [1.165, 1.54) is 0 Å². The fourth-order valence-corrected chi connectivity index (χ4v) is 3.31. The zero-order valence-electron chi connectivity index (χ0n) is 13.5. The maximum absolute atomic E-state index is 12.3. The van der Waals surface area contributed by atoms with E-state index in [1.54, 1.807) is 17.0 Å². The molecule has 0 unspecified atom stereocenters. The number of hydrogen-bond donors (Lipinski definition) is 2. The Kier molecular flexibility index (Phi) is 4.85. The first-order valence-electron chi connectivity index (χ1n) is 7.74. The van der Waals surface area contributed by atoms with Gasteiger partial charge in [-0.25, -0.2) is 0 Å². The van der Waals surface area contributed by atoms with Crippen molar-refractivity contribution in [3.05, 3.63) is 34.9 Å². The van der Waals surface area contributed by atoms with Crippen LogP contribution in [0.2, 0.25) is 5.02 Å². The topological polar surface area (TPSA) is 66.6 Å². The van der Waals surface area contributed by atoms with Crippen LogP contribution in [0.5, 0.6) is 0 Å². The van der Waals surface area contributed by atoms with E-state index in [0.717, 1.165) is 5.56 Å². The molecule has 0 bridgehead atoms. The second kappa shape index (κ2) is 6.19. The average Bonchev–Trinajstić information content (AvgIpc) is 2.49. The number of halogens is 1. The van der Waals surface area contributed by atoms with E-state index < -0.39 is 17.1 Å². The number of amides is 1. The molecule has 3 N–H and O–H groups in total. The van der Waals surface area contributed by atoms with Gasteiger partial charge in [-0.1, -0.05) is 44.5 Å². The zero-order chi connectivity index (χ0) is 16.5. The van der Waals surface area contributed by atoms with E-state index in [-0.39, 0.29) is 5.91 Å². The number of likely N-dealkylation sites (tertiary alicyclic amines) is 1. The Morgan fingerprint density at radius 2 is 2.00 bits per heavy atom. The molecule has 1 amide bonds. The van der Waals surface area contributed by atoms with Crippen molar-refractivity contribution in [2.24, 2.45) is 11.1 Å². The van der Waals surface area contributed by atoms with Crippen molar-refractivity contribution in [2.45, 2.75) is 45.3 Å². The second-order valence-corrected chi connectivity index (χ2v) is 7.21. The van der Waals surface area contributed by atoms with Crippen molar-refractivity contribution in [1.82, 2.24) is 4.90 Å². The Labute approximate surface area is 137 Å². The molecule has 0 aliphatic carbocycles. The lowest BCUT2D eigenvalue weighted by Crippen LogP contribution is -2.58. The third kappa shape index (κ3) is 3.00. The average molecular weight is 325 g/mol. The van der Waals surface area contributed by atoms with E-state index in [9.17, 15) is 9.90 Å². The molecule has 1 aromatic rings. The minimum atomic E-state index is -0.981. The van der Waals surface area contributed by atoms with Gasteiger partial charge < -0.3 is 15.7 Å². The molecule has 2 rings (SSSR count).